The van der Waals surface area contributed by atoms with E-state index in [1.807, 2.05) is 0 Å². The third-order valence-electron chi connectivity index (χ3n) is 1.70. The summed E-state index contributed by atoms with van der Waals surface area (Å²) in [6.07, 6.45) is 2.14. The van der Waals surface area contributed by atoms with E-state index in [0.717, 1.165) is 0 Å². The lowest BCUT2D eigenvalue weighted by Crippen LogP contribution is -2.03. The van der Waals surface area contributed by atoms with Gasteiger partial charge in [-0.25, -0.2) is 0 Å². The van der Waals surface area contributed by atoms with E-state index in [9.17, 15) is 13.6 Å². The van der Waals surface area contributed by atoms with Crippen molar-refractivity contribution in [2.45, 2.75) is 13.5 Å². The molecule has 0 amide bonds. The number of hydrogen-bond acceptors (Lipinski definition) is 2. The number of benzene rings is 1. The fourth-order valence-electron chi connectivity index (χ4n) is 1.08. The number of carbonyl (C=O) groups is 1. The molecule has 15 heavy (non-hydrogen) atoms. The Bertz CT molecular complexity index is 373. The van der Waals surface area contributed by atoms with Crippen LogP contribution in [0.15, 0.2) is 29.8 Å². The van der Waals surface area contributed by atoms with Gasteiger partial charge in [-0.2, -0.15) is 8.78 Å². The van der Waals surface area contributed by atoms with Crippen LogP contribution in [0.4, 0.5) is 8.78 Å². The van der Waals surface area contributed by atoms with Gasteiger partial charge in [0.25, 0.3) is 0 Å². The normalized spacial score (nSPS) is 11.6. The topological polar surface area (TPSA) is 26.3 Å². The number of ether oxygens (including phenoxy) is 1. The van der Waals surface area contributed by atoms with Gasteiger partial charge in [-0.05, 0) is 24.6 Å². The van der Waals surface area contributed by atoms with Crippen LogP contribution < -0.4 is 4.74 Å². The first-order valence-electron chi connectivity index (χ1n) is 4.31. The Hall–Kier alpha value is -1.71. The van der Waals surface area contributed by atoms with Crippen molar-refractivity contribution in [3.63, 3.8) is 0 Å². The third-order valence-corrected chi connectivity index (χ3v) is 1.70. The summed E-state index contributed by atoms with van der Waals surface area (Å²) >= 11 is 0. The first kappa shape index (κ1) is 11.4. The molecule has 0 aliphatic heterocycles. The van der Waals surface area contributed by atoms with Crippen molar-refractivity contribution in [2.24, 2.45) is 0 Å². The molecule has 4 heteroatoms. The Labute approximate surface area is 86.2 Å². The maximum Gasteiger partial charge on any atom is 0.387 e. The van der Waals surface area contributed by atoms with Crippen molar-refractivity contribution in [1.29, 1.82) is 0 Å². The molecule has 1 rings (SSSR count). The molecule has 0 saturated heterocycles. The molecule has 2 nitrogen and oxygen atoms in total. The summed E-state index contributed by atoms with van der Waals surface area (Å²) in [4.78, 5) is 10.4. The van der Waals surface area contributed by atoms with E-state index in [1.54, 1.807) is 25.1 Å². The van der Waals surface area contributed by atoms with Crippen molar-refractivity contribution in [1.82, 2.24) is 0 Å². The van der Waals surface area contributed by atoms with Crippen molar-refractivity contribution < 1.29 is 18.3 Å². The molecular weight excluding hydrogens is 202 g/mol. The Morgan fingerprint density at radius 1 is 1.40 bits per heavy atom. The van der Waals surface area contributed by atoms with Gasteiger partial charge in [0.05, 0.1) is 0 Å². The number of rotatable bonds is 4. The van der Waals surface area contributed by atoms with Gasteiger partial charge in [0.2, 0.25) is 0 Å². The van der Waals surface area contributed by atoms with Gasteiger partial charge in [-0.1, -0.05) is 18.2 Å². The number of hydrogen-bond donors (Lipinski definition) is 0. The van der Waals surface area contributed by atoms with Crippen molar-refractivity contribution >= 4 is 12.4 Å². The number of allylic oxidation sites excluding steroid dienone is 1. The molecule has 0 bridgehead atoms. The highest BCUT2D eigenvalue weighted by molar-refractivity contribution is 5.81. The minimum atomic E-state index is -2.86. The lowest BCUT2D eigenvalue weighted by molar-refractivity contribution is -0.104. The quantitative estimate of drug-likeness (QED) is 0.566. The van der Waals surface area contributed by atoms with E-state index in [0.29, 0.717) is 17.4 Å². The van der Waals surface area contributed by atoms with Crippen LogP contribution in [0, 0.1) is 0 Å². The average Bonchev–Trinajstić information content (AvgIpc) is 2.20. The molecule has 0 saturated carbocycles. The van der Waals surface area contributed by atoms with Crippen LogP contribution in [0.2, 0.25) is 0 Å². The Morgan fingerprint density at radius 2 is 2.07 bits per heavy atom. The molecule has 1 aromatic carbocycles. The summed E-state index contributed by atoms with van der Waals surface area (Å²) in [6, 6.07) is 6.30. The highest BCUT2D eigenvalue weighted by Gasteiger charge is 2.07. The Morgan fingerprint density at radius 3 is 2.67 bits per heavy atom. The number of alkyl halides is 2. The lowest BCUT2D eigenvalue weighted by atomic mass is 10.1. The maximum atomic E-state index is 12.0. The van der Waals surface area contributed by atoms with Crippen LogP contribution >= 0.6 is 0 Å². The van der Waals surface area contributed by atoms with Crippen LogP contribution in [0.25, 0.3) is 6.08 Å². The lowest BCUT2D eigenvalue weighted by Gasteiger charge is -2.07. The Kier molecular flexibility index (Phi) is 3.97. The van der Waals surface area contributed by atoms with E-state index in [2.05, 4.69) is 4.74 Å². The summed E-state index contributed by atoms with van der Waals surface area (Å²) in [7, 11) is 0. The fourth-order valence-corrected chi connectivity index (χ4v) is 1.08. The minimum absolute atomic E-state index is 0.0636. The van der Waals surface area contributed by atoms with Gasteiger partial charge in [0, 0.05) is 5.56 Å². The molecule has 0 radical (unpaired) electrons. The zero-order valence-electron chi connectivity index (χ0n) is 8.11. The molecule has 0 atom stereocenters. The van der Waals surface area contributed by atoms with Crippen LogP contribution in [-0.4, -0.2) is 12.9 Å². The van der Waals surface area contributed by atoms with E-state index < -0.39 is 6.61 Å². The van der Waals surface area contributed by atoms with Crippen LogP contribution in [0.3, 0.4) is 0 Å². The second kappa shape index (κ2) is 5.24. The van der Waals surface area contributed by atoms with Gasteiger partial charge in [-0.15, -0.1) is 0 Å². The van der Waals surface area contributed by atoms with E-state index in [1.165, 1.54) is 12.1 Å². The van der Waals surface area contributed by atoms with Crippen LogP contribution in [0.1, 0.15) is 12.5 Å². The van der Waals surface area contributed by atoms with E-state index >= 15 is 0 Å². The Balaban J connectivity index is 3.01. The summed E-state index contributed by atoms with van der Waals surface area (Å²) < 4.78 is 28.3. The third kappa shape index (κ3) is 3.50. The van der Waals surface area contributed by atoms with E-state index in [-0.39, 0.29) is 5.75 Å². The number of carbonyl (C=O) groups excluding carboxylic acids is 1. The van der Waals surface area contributed by atoms with Crippen molar-refractivity contribution in [2.75, 3.05) is 0 Å². The van der Waals surface area contributed by atoms with Crippen LogP contribution in [0.5, 0.6) is 5.75 Å². The summed E-state index contributed by atoms with van der Waals surface area (Å²) in [6.45, 7) is -1.28. The standard InChI is InChI=1S/C11H10F2O2/c1-8(7-14)6-9-4-2-3-5-10(9)15-11(12)13/h2-7,11H,1H3/b8-6-. The fraction of sp³-hybridized carbons (Fsp3) is 0.182. The van der Waals surface area contributed by atoms with Crippen molar-refractivity contribution in [3.8, 4) is 5.75 Å². The van der Waals surface area contributed by atoms with Gasteiger partial charge < -0.3 is 4.74 Å². The summed E-state index contributed by atoms with van der Waals surface area (Å²) in [5, 5.41) is 0. The zero-order valence-corrected chi connectivity index (χ0v) is 8.11. The largest absolute Gasteiger partial charge is 0.434 e. The molecule has 1 aromatic rings. The maximum absolute atomic E-state index is 12.0. The molecule has 80 valence electrons. The summed E-state index contributed by atoms with van der Waals surface area (Å²) in [5.41, 5.74) is 0.905. The predicted octanol–water partition coefficient (Wildman–Crippen LogP) is 2.89. The molecule has 0 N–H and O–H groups in total. The van der Waals surface area contributed by atoms with E-state index in [4.69, 9.17) is 0 Å². The SMILES string of the molecule is C/C(C=O)=C/c1ccccc1OC(F)F. The van der Waals surface area contributed by atoms with Gasteiger partial charge >= 0.3 is 6.61 Å². The van der Waals surface area contributed by atoms with Gasteiger partial charge in [-0.3, -0.25) is 4.79 Å². The smallest absolute Gasteiger partial charge is 0.387 e. The first-order valence-corrected chi connectivity index (χ1v) is 4.31. The highest BCUT2D eigenvalue weighted by atomic mass is 19.3. The molecular formula is C11H10F2O2. The number of halogens is 2. The monoisotopic (exact) mass is 212 g/mol. The molecule has 0 spiro atoms. The second-order valence-electron chi connectivity index (χ2n) is 2.92. The summed E-state index contributed by atoms with van der Waals surface area (Å²) in [5.74, 6) is 0.0636. The van der Waals surface area contributed by atoms with Crippen molar-refractivity contribution in [3.05, 3.63) is 35.4 Å². The predicted molar refractivity (Wildman–Crippen MR) is 52.8 cm³/mol. The minimum Gasteiger partial charge on any atom is -0.434 e. The second-order valence-corrected chi connectivity index (χ2v) is 2.92. The molecule has 0 aromatic heterocycles. The highest BCUT2D eigenvalue weighted by Crippen LogP contribution is 2.22. The average molecular weight is 212 g/mol. The number of para-hydroxylation sites is 1. The molecule has 0 aliphatic rings. The molecule has 0 heterocycles. The van der Waals surface area contributed by atoms with Gasteiger partial charge in [0.1, 0.15) is 12.0 Å². The van der Waals surface area contributed by atoms with Crippen LogP contribution in [-0.2, 0) is 4.79 Å². The molecule has 0 fully saturated rings. The molecule has 0 aliphatic carbocycles. The number of aldehydes is 1. The first-order chi connectivity index (χ1) is 7.13. The molecule has 0 unspecified atom stereocenters. The zero-order chi connectivity index (χ0) is 11.3. The van der Waals surface area contributed by atoms with Gasteiger partial charge in [0.15, 0.2) is 0 Å².